The van der Waals surface area contributed by atoms with Crippen LogP contribution in [0.5, 0.6) is 0 Å². The third kappa shape index (κ3) is 1.95. The van der Waals surface area contributed by atoms with Crippen LogP contribution in [0.1, 0.15) is 24.0 Å². The van der Waals surface area contributed by atoms with Crippen LogP contribution in [-0.4, -0.2) is 11.7 Å². The third-order valence-electron chi connectivity index (χ3n) is 2.02. The van der Waals surface area contributed by atoms with Crippen LogP contribution in [0.2, 0.25) is 0 Å². The Morgan fingerprint density at radius 3 is 2.42 bits per heavy atom. The summed E-state index contributed by atoms with van der Waals surface area (Å²) in [6.07, 6.45) is 1.81. The number of hydrogen-bond acceptors (Lipinski definition) is 1. The molecule has 0 spiro atoms. The maximum atomic E-state index is 8.89. The maximum absolute atomic E-state index is 8.89. The van der Waals surface area contributed by atoms with Gasteiger partial charge in [0.15, 0.2) is 0 Å². The number of benzene rings is 1. The molecule has 1 N–H and O–H groups in total. The molecule has 0 fully saturated rings. The molecule has 0 radical (unpaired) electrons. The van der Waals surface area contributed by atoms with Crippen LogP contribution < -0.4 is 0 Å². The highest BCUT2D eigenvalue weighted by Crippen LogP contribution is 2.15. The van der Waals surface area contributed by atoms with Crippen molar-refractivity contribution < 1.29 is 5.11 Å². The van der Waals surface area contributed by atoms with E-state index in [2.05, 4.69) is 6.58 Å². The van der Waals surface area contributed by atoms with Crippen LogP contribution in [0, 0.1) is 0 Å². The minimum Gasteiger partial charge on any atom is -0.396 e. The van der Waals surface area contributed by atoms with Gasteiger partial charge in [0.25, 0.3) is 0 Å². The summed E-state index contributed by atoms with van der Waals surface area (Å²) in [4.78, 5) is 0. The predicted octanol–water partition coefficient (Wildman–Crippen LogP) is 2.43. The molecule has 64 valence electrons. The Morgan fingerprint density at radius 2 is 2.00 bits per heavy atom. The average molecular weight is 162 g/mol. The van der Waals surface area contributed by atoms with Crippen molar-refractivity contribution in [3.05, 3.63) is 42.0 Å². The molecular formula is C11H14O. The molecule has 1 aromatic carbocycles. The highest BCUT2D eigenvalue weighted by atomic mass is 16.3. The van der Waals surface area contributed by atoms with Crippen LogP contribution >= 0.6 is 0 Å². The second-order valence-electron chi connectivity index (χ2n) is 2.95. The van der Waals surface area contributed by atoms with E-state index in [1.165, 1.54) is 5.56 Å². The van der Waals surface area contributed by atoms with Gasteiger partial charge in [0.1, 0.15) is 0 Å². The summed E-state index contributed by atoms with van der Waals surface area (Å²) >= 11 is 0. The second kappa shape index (κ2) is 4.07. The summed E-state index contributed by atoms with van der Waals surface area (Å²) in [7, 11) is 0. The lowest BCUT2D eigenvalue weighted by Crippen LogP contribution is -1.97. The first kappa shape index (κ1) is 9.01. The van der Waals surface area contributed by atoms with Gasteiger partial charge in [-0.3, -0.25) is 0 Å². The summed E-state index contributed by atoms with van der Waals surface area (Å²) in [5, 5.41) is 8.89. The molecule has 1 nitrogen and oxygen atoms in total. The number of aliphatic hydroxyl groups is 1. The van der Waals surface area contributed by atoms with Crippen molar-refractivity contribution in [1.82, 2.24) is 0 Å². The Kier molecular flexibility index (Phi) is 3.06. The van der Waals surface area contributed by atoms with Crippen LogP contribution in [-0.2, 0) is 0 Å². The molecule has 0 amide bonds. The van der Waals surface area contributed by atoms with Crippen LogP contribution in [0.15, 0.2) is 30.8 Å². The number of aliphatic hydroxyl groups excluding tert-OH is 1. The van der Waals surface area contributed by atoms with E-state index in [4.69, 9.17) is 5.11 Å². The first-order valence-corrected chi connectivity index (χ1v) is 4.11. The molecule has 0 aliphatic heterocycles. The van der Waals surface area contributed by atoms with Gasteiger partial charge in [-0.15, -0.1) is 0 Å². The van der Waals surface area contributed by atoms with Gasteiger partial charge in [-0.25, -0.2) is 0 Å². The van der Waals surface area contributed by atoms with Crippen molar-refractivity contribution in [1.29, 1.82) is 0 Å². The molecule has 1 rings (SSSR count). The molecule has 1 heteroatoms. The van der Waals surface area contributed by atoms with Gasteiger partial charge in [0, 0.05) is 12.5 Å². The molecule has 1 unspecified atom stereocenters. The molecule has 0 aliphatic rings. The van der Waals surface area contributed by atoms with Gasteiger partial charge in [-0.2, -0.15) is 0 Å². The van der Waals surface area contributed by atoms with E-state index in [1.807, 2.05) is 37.3 Å². The average Bonchev–Trinajstić information content (AvgIpc) is 2.17. The molecule has 0 saturated heterocycles. The lowest BCUT2D eigenvalue weighted by atomic mass is 10.0. The van der Waals surface area contributed by atoms with E-state index in [1.54, 1.807) is 0 Å². The topological polar surface area (TPSA) is 20.2 Å². The van der Waals surface area contributed by atoms with Crippen LogP contribution in [0.25, 0.3) is 6.08 Å². The second-order valence-corrected chi connectivity index (χ2v) is 2.95. The maximum Gasteiger partial charge on any atom is 0.0497 e. The number of rotatable bonds is 3. The highest BCUT2D eigenvalue weighted by molar-refractivity contribution is 5.47. The minimum absolute atomic E-state index is 0.202. The van der Waals surface area contributed by atoms with E-state index in [0.717, 1.165) is 5.56 Å². The van der Waals surface area contributed by atoms with Crippen molar-refractivity contribution in [2.45, 2.75) is 12.8 Å². The lowest BCUT2D eigenvalue weighted by Gasteiger charge is -2.07. The molecule has 0 saturated carbocycles. The highest BCUT2D eigenvalue weighted by Gasteiger charge is 2.01. The predicted molar refractivity (Wildman–Crippen MR) is 52.0 cm³/mol. The van der Waals surface area contributed by atoms with Crippen molar-refractivity contribution in [2.24, 2.45) is 0 Å². The SMILES string of the molecule is C=Cc1ccc(C(C)CO)cc1. The Labute approximate surface area is 73.4 Å². The van der Waals surface area contributed by atoms with Crippen molar-refractivity contribution in [2.75, 3.05) is 6.61 Å². The molecule has 0 heterocycles. The first-order chi connectivity index (χ1) is 5.77. The zero-order valence-corrected chi connectivity index (χ0v) is 7.33. The zero-order chi connectivity index (χ0) is 8.97. The molecular weight excluding hydrogens is 148 g/mol. The summed E-state index contributed by atoms with van der Waals surface area (Å²) in [6, 6.07) is 8.07. The van der Waals surface area contributed by atoms with E-state index in [0.29, 0.717) is 0 Å². The monoisotopic (exact) mass is 162 g/mol. The Bertz CT molecular complexity index is 248. The van der Waals surface area contributed by atoms with Crippen molar-refractivity contribution in [3.63, 3.8) is 0 Å². The van der Waals surface area contributed by atoms with Gasteiger partial charge in [-0.05, 0) is 11.1 Å². The third-order valence-corrected chi connectivity index (χ3v) is 2.02. The quantitative estimate of drug-likeness (QED) is 0.723. The zero-order valence-electron chi connectivity index (χ0n) is 7.33. The normalized spacial score (nSPS) is 12.5. The minimum atomic E-state index is 0.202. The van der Waals surface area contributed by atoms with Crippen molar-refractivity contribution >= 4 is 6.08 Å². The van der Waals surface area contributed by atoms with Gasteiger partial charge in [0.2, 0.25) is 0 Å². The van der Waals surface area contributed by atoms with E-state index < -0.39 is 0 Å². The summed E-state index contributed by atoms with van der Waals surface area (Å²) in [5.41, 5.74) is 2.28. The lowest BCUT2D eigenvalue weighted by molar-refractivity contribution is 0.273. The Balaban J connectivity index is 2.84. The van der Waals surface area contributed by atoms with Gasteiger partial charge in [-0.1, -0.05) is 43.8 Å². The Morgan fingerprint density at radius 1 is 1.42 bits per heavy atom. The van der Waals surface area contributed by atoms with Gasteiger partial charge in [0.05, 0.1) is 0 Å². The van der Waals surface area contributed by atoms with Gasteiger partial charge < -0.3 is 5.11 Å². The summed E-state index contributed by atoms with van der Waals surface area (Å²) in [6.45, 7) is 5.88. The van der Waals surface area contributed by atoms with E-state index in [-0.39, 0.29) is 12.5 Å². The van der Waals surface area contributed by atoms with Crippen LogP contribution in [0.4, 0.5) is 0 Å². The molecule has 1 aromatic rings. The smallest absolute Gasteiger partial charge is 0.0497 e. The summed E-state index contributed by atoms with van der Waals surface area (Å²) < 4.78 is 0. The largest absolute Gasteiger partial charge is 0.396 e. The van der Waals surface area contributed by atoms with Crippen LogP contribution in [0.3, 0.4) is 0 Å². The standard InChI is InChI=1S/C11H14O/c1-3-10-4-6-11(7-5-10)9(2)8-12/h3-7,9,12H,1,8H2,2H3. The fraction of sp³-hybridized carbons (Fsp3) is 0.273. The molecule has 1 atom stereocenters. The molecule has 0 bridgehead atoms. The Hall–Kier alpha value is -1.08. The molecule has 0 aliphatic carbocycles. The van der Waals surface area contributed by atoms with Gasteiger partial charge >= 0.3 is 0 Å². The fourth-order valence-corrected chi connectivity index (χ4v) is 1.07. The van der Waals surface area contributed by atoms with Crippen molar-refractivity contribution in [3.8, 4) is 0 Å². The first-order valence-electron chi connectivity index (χ1n) is 4.11. The van der Waals surface area contributed by atoms with E-state index in [9.17, 15) is 0 Å². The van der Waals surface area contributed by atoms with E-state index >= 15 is 0 Å². The molecule has 0 aromatic heterocycles. The fourth-order valence-electron chi connectivity index (χ4n) is 1.07. The molecule has 12 heavy (non-hydrogen) atoms. The number of hydrogen-bond donors (Lipinski definition) is 1. The summed E-state index contributed by atoms with van der Waals surface area (Å²) in [5.74, 6) is 0.226.